The second kappa shape index (κ2) is 29.9. The molecule has 20 N–H and O–H groups in total. The van der Waals surface area contributed by atoms with E-state index >= 15 is 0 Å². The summed E-state index contributed by atoms with van der Waals surface area (Å²) in [4.78, 5) is 74.2. The van der Waals surface area contributed by atoms with E-state index in [2.05, 4.69) is 9.47 Å². The number of carboxylic acid groups (broad SMARTS) is 2. The van der Waals surface area contributed by atoms with Crippen LogP contribution in [0.3, 0.4) is 0 Å². The van der Waals surface area contributed by atoms with E-state index < -0.39 is 230 Å². The summed E-state index contributed by atoms with van der Waals surface area (Å²) in [6, 6.07) is 8.68. The molecule has 0 spiro atoms. The van der Waals surface area contributed by atoms with E-state index in [1.807, 2.05) is 0 Å². The molecule has 3 aromatic rings. The summed E-state index contributed by atoms with van der Waals surface area (Å²) in [6.45, 7) is -3.02. The van der Waals surface area contributed by atoms with Crippen molar-refractivity contribution in [3.63, 3.8) is 0 Å². The van der Waals surface area contributed by atoms with Crippen LogP contribution in [0.4, 0.5) is 0 Å². The number of carbonyl (C=O) groups is 6. The highest BCUT2D eigenvalue weighted by atomic mass is 16.8. The third kappa shape index (κ3) is 16.3. The Kier molecular flexibility index (Phi) is 22.3. The van der Waals surface area contributed by atoms with E-state index in [9.17, 15) is 121 Å². The summed E-state index contributed by atoms with van der Waals surface area (Å²) < 4.78 is 60.2. The first-order chi connectivity index (χ1) is 44.4. The molecule has 0 saturated carbocycles. The molecule has 8 rings (SSSR count). The van der Waals surface area contributed by atoms with Gasteiger partial charge in [0.25, 0.3) is 0 Å². The molecule has 3 saturated heterocycles. The maximum Gasteiger partial charge on any atom is 0.348 e. The number of aliphatic hydroxyl groups excluding tert-OH is 10. The first kappa shape index (κ1) is 70.1. The molecule has 0 bridgehead atoms. The van der Waals surface area contributed by atoms with Gasteiger partial charge in [0.05, 0.1) is 23.8 Å². The summed E-state index contributed by atoms with van der Waals surface area (Å²) >= 11 is 0. The Labute approximate surface area is 525 Å². The molecule has 36 nitrogen and oxygen atoms in total. The number of benzene rings is 3. The fraction of sp³-hybridized carbons (Fsp3) is 0.379. The van der Waals surface area contributed by atoms with Gasteiger partial charge in [-0.05, 0) is 47.5 Å². The monoisotopic (exact) mass is 1330 g/mol. The molecule has 0 aromatic heterocycles. The average Bonchev–Trinajstić information content (AvgIpc) is 0.768. The van der Waals surface area contributed by atoms with Crippen LogP contribution >= 0.6 is 0 Å². The van der Waals surface area contributed by atoms with Crippen molar-refractivity contribution >= 4 is 53.7 Å². The van der Waals surface area contributed by atoms with E-state index in [0.717, 1.165) is 72.9 Å². The molecule has 4 heterocycles. The molecular weight excluding hydrogens is 1270 g/mol. The van der Waals surface area contributed by atoms with Crippen molar-refractivity contribution in [2.45, 2.75) is 117 Å². The Morgan fingerprint density at radius 1 is 0.564 bits per heavy atom. The molecule has 36 heteroatoms. The summed E-state index contributed by atoms with van der Waals surface area (Å²) in [7, 11) is 0. The normalized spacial score (nSPS) is 29.1. The number of allylic oxidation sites excluding steroid dienone is 2. The smallest absolute Gasteiger partial charge is 0.348 e. The zero-order valence-electron chi connectivity index (χ0n) is 47.9. The van der Waals surface area contributed by atoms with E-state index in [0.29, 0.717) is 0 Å². The van der Waals surface area contributed by atoms with Gasteiger partial charge in [0.2, 0.25) is 30.5 Å². The number of aliphatic carboxylic acids is 2. The number of phenolic OH excluding ortho intramolecular Hbond substituents is 7. The minimum absolute atomic E-state index is 0.121. The lowest BCUT2D eigenvalue weighted by molar-refractivity contribution is -0.363. The quantitative estimate of drug-likeness (QED) is 0.0107. The van der Waals surface area contributed by atoms with Gasteiger partial charge in [-0.1, -0.05) is 12.1 Å². The van der Waals surface area contributed by atoms with Crippen molar-refractivity contribution in [1.82, 2.24) is 0 Å². The van der Waals surface area contributed by atoms with Crippen LogP contribution < -0.4 is 0 Å². The molecule has 4 aliphatic heterocycles. The lowest BCUT2D eigenvalue weighted by Gasteiger charge is -2.46. The van der Waals surface area contributed by atoms with Gasteiger partial charge in [-0.15, -0.1) is 0 Å². The van der Waals surface area contributed by atoms with Gasteiger partial charge in [-0.25, -0.2) is 19.2 Å². The first-order valence-electron chi connectivity index (χ1n) is 27.6. The van der Waals surface area contributed by atoms with Crippen LogP contribution in [0.2, 0.25) is 0 Å². The number of fused-ring (bicyclic) bond motifs is 1. The van der Waals surface area contributed by atoms with Crippen LogP contribution in [0.1, 0.15) is 23.1 Å². The topological polar surface area (TPSA) is 592 Å². The van der Waals surface area contributed by atoms with Crippen molar-refractivity contribution < 1.29 is 178 Å². The number of carbonyl (C=O) groups excluding carboxylic acids is 4. The lowest BCUT2D eigenvalue weighted by atomic mass is 9.96. The number of esters is 4. The third-order valence-corrected chi connectivity index (χ3v) is 14.5. The number of carboxylic acids is 2. The summed E-state index contributed by atoms with van der Waals surface area (Å²) in [5.41, 5.74) is -0.211. The molecule has 0 radical (unpaired) electrons. The van der Waals surface area contributed by atoms with Gasteiger partial charge in [0.1, 0.15) is 92.2 Å². The highest BCUT2D eigenvalue weighted by Gasteiger charge is 2.54. The van der Waals surface area contributed by atoms with E-state index in [1.165, 1.54) is 18.2 Å². The van der Waals surface area contributed by atoms with Crippen LogP contribution in [-0.4, -0.2) is 268 Å². The molecular formula is C58H61O36+. The predicted octanol–water partition coefficient (Wildman–Crippen LogP) is -4.16. The molecule has 94 heavy (non-hydrogen) atoms. The number of ether oxygens (including phenoxy) is 11. The maximum atomic E-state index is 13.3. The van der Waals surface area contributed by atoms with Crippen molar-refractivity contribution in [1.29, 1.82) is 0 Å². The Balaban J connectivity index is 1.10. The first-order valence-corrected chi connectivity index (χ1v) is 27.6. The Morgan fingerprint density at radius 3 is 1.70 bits per heavy atom. The third-order valence-electron chi connectivity index (χ3n) is 14.5. The number of hydrogen-bond acceptors (Lipinski definition) is 33. The number of phenols is 7. The lowest BCUT2D eigenvalue weighted by Crippen LogP contribution is -2.65. The van der Waals surface area contributed by atoms with Crippen molar-refractivity contribution in [2.24, 2.45) is 0 Å². The number of aliphatic hydroxyl groups is 12. The molecule has 1 aliphatic carbocycles. The Bertz CT molecular complexity index is 3510. The molecule has 508 valence electrons. The van der Waals surface area contributed by atoms with E-state index in [4.69, 9.17) is 47.7 Å². The second-order valence-corrected chi connectivity index (χ2v) is 21.0. The van der Waals surface area contributed by atoms with Crippen LogP contribution in [0, 0.1) is 0 Å². The van der Waals surface area contributed by atoms with Crippen LogP contribution in [0.5, 0.6) is 40.2 Å². The van der Waals surface area contributed by atoms with Crippen molar-refractivity contribution in [3.8, 4) is 40.2 Å². The molecule has 3 fully saturated rings. The Hall–Kier alpha value is -9.80. The van der Waals surface area contributed by atoms with E-state index in [-0.39, 0.29) is 28.0 Å². The van der Waals surface area contributed by atoms with Gasteiger partial charge >= 0.3 is 41.6 Å². The predicted molar refractivity (Wildman–Crippen MR) is 299 cm³/mol. The maximum absolute atomic E-state index is 13.3. The van der Waals surface area contributed by atoms with Gasteiger partial charge in [0, 0.05) is 36.4 Å². The minimum Gasteiger partial charge on any atom is -0.571 e. The molecule has 5 aliphatic rings. The summed E-state index contributed by atoms with van der Waals surface area (Å²) in [5.74, 6) is -17.2. The zero-order valence-corrected chi connectivity index (χ0v) is 47.9. The highest BCUT2D eigenvalue weighted by molar-refractivity contribution is 5.93. The second-order valence-electron chi connectivity index (χ2n) is 21.0. The fourth-order valence-corrected chi connectivity index (χ4v) is 9.51. The van der Waals surface area contributed by atoms with E-state index in [1.54, 1.807) is 0 Å². The largest absolute Gasteiger partial charge is 0.571 e. The summed E-state index contributed by atoms with van der Waals surface area (Å²) in [6.07, 6.45) is -32.8. The number of aromatic hydroxyl groups is 7. The average molecular weight is 1330 g/mol. The van der Waals surface area contributed by atoms with Crippen molar-refractivity contribution in [3.05, 3.63) is 118 Å². The fourth-order valence-electron chi connectivity index (χ4n) is 9.51. The van der Waals surface area contributed by atoms with Gasteiger partial charge in [-0.2, -0.15) is 0 Å². The van der Waals surface area contributed by atoms with Crippen molar-refractivity contribution in [2.75, 3.05) is 19.8 Å². The highest BCUT2D eigenvalue weighted by Crippen LogP contribution is 2.43. The minimum atomic E-state index is -2.80. The summed E-state index contributed by atoms with van der Waals surface area (Å²) in [5, 5.41) is 199. The van der Waals surface area contributed by atoms with Crippen LogP contribution in [0.25, 0.3) is 17.9 Å². The SMILES string of the molecule is O=C(C=Cc1ccc(O)c(O)c1)OCC1OC(OC2=CC3[OH+]C(c4cc(O)c(O)c(O)c4)=C(OC4OC(COC(=O)CC(=O)OC(C(=O)O)C(O)C(=O)O)C(O)C(O)C4OC4OC(CO)C(O)C(O)C4OC(=O)C=Cc4ccc(O)c(O)c4)C=C3C(O)=C2)C(O)C(O)C1O. The molecule has 0 amide bonds. The van der Waals surface area contributed by atoms with Gasteiger partial charge in [0.15, 0.2) is 64.8 Å². The van der Waals surface area contributed by atoms with Gasteiger partial charge in [-0.3, -0.25) is 9.59 Å². The van der Waals surface area contributed by atoms with Crippen LogP contribution in [-0.2, 0) is 76.1 Å². The van der Waals surface area contributed by atoms with Gasteiger partial charge < -0.3 is 149 Å². The zero-order chi connectivity index (χ0) is 68.7. The standard InChI is InChI=1S/C58H60O36/c59-17-34-42(72)46(76)52(92-38(68)8-4-21-2-6-26(61)29(64)10-21)58(89-34)94-53-47(77)44(74)36(19-85-39(69)16-40(70)93-51(55(82)83)49(79)54(80)81)91-57(53)88-33-15-24-27(62)13-23(14-32(24)87-50(33)22-11-30(65)41(71)31(66)12-22)86-56-48(78)45(75)43(73)35(90-56)18-84-37(67)7-3-20-1-5-25(60)28(63)9-20/h1-15,32,34-36,42-49,51-53,56-66,71-79H,16-19H2,(H,80,81)(H,82,83)/p+1. The number of hydrogen-bond donors (Lipinski definition) is 19. The van der Waals surface area contributed by atoms with Crippen LogP contribution in [0.15, 0.2) is 102 Å². The molecule has 18 atom stereocenters. The Morgan fingerprint density at radius 2 is 1.12 bits per heavy atom. The number of rotatable bonds is 23. The molecule has 18 unspecified atom stereocenters. The molecule has 3 aromatic carbocycles.